The van der Waals surface area contributed by atoms with Crippen molar-refractivity contribution < 1.29 is 8.42 Å². The third-order valence-corrected chi connectivity index (χ3v) is 6.40. The third-order valence-electron chi connectivity index (χ3n) is 3.90. The van der Waals surface area contributed by atoms with Gasteiger partial charge in [0.15, 0.2) is 9.84 Å². The number of nitrogens with two attached hydrogens (primary N) is 1. The van der Waals surface area contributed by atoms with Gasteiger partial charge < -0.3 is 5.73 Å². The zero-order valence-corrected chi connectivity index (χ0v) is 12.8. The predicted molar refractivity (Wildman–Crippen MR) is 86.9 cm³/mol. The Morgan fingerprint density at radius 1 is 0.952 bits per heavy atom. The van der Waals surface area contributed by atoms with E-state index in [0.29, 0.717) is 4.90 Å². The van der Waals surface area contributed by atoms with Crippen molar-refractivity contribution >= 4 is 27.0 Å². The van der Waals surface area contributed by atoms with Crippen LogP contribution in [0.2, 0.25) is 0 Å². The molecule has 0 aromatic heterocycles. The Bertz CT molecular complexity index is 757. The average molecular weight is 317 g/mol. The van der Waals surface area contributed by atoms with E-state index in [2.05, 4.69) is 0 Å². The molecule has 108 valence electrons. The molecule has 0 saturated heterocycles. The summed E-state index contributed by atoms with van der Waals surface area (Å²) in [5, 5.41) is -0.556. The van der Waals surface area contributed by atoms with Gasteiger partial charge in [0.1, 0.15) is 0 Å². The largest absolute Gasteiger partial charge is 0.393 e. The number of rotatable bonds is 4. The van der Waals surface area contributed by atoms with Gasteiger partial charge in [0.05, 0.1) is 15.1 Å². The Morgan fingerprint density at radius 2 is 1.48 bits per heavy atom. The standard InChI is InChI=1S/C16H15NO2S2/c17-16(20)14-13(11-7-3-1-4-8-11)15(14)21(18,19)12-9-5-2-6-10-12/h1-10,13-15H,(H2,17,20). The molecule has 0 aliphatic heterocycles. The van der Waals surface area contributed by atoms with Crippen LogP contribution in [0.15, 0.2) is 65.6 Å². The molecular weight excluding hydrogens is 302 g/mol. The fourth-order valence-corrected chi connectivity index (χ4v) is 5.40. The summed E-state index contributed by atoms with van der Waals surface area (Å²) in [6.45, 7) is 0. The molecule has 3 atom stereocenters. The molecule has 2 N–H and O–H groups in total. The molecule has 2 aromatic carbocycles. The molecule has 1 saturated carbocycles. The molecule has 21 heavy (non-hydrogen) atoms. The van der Waals surface area contributed by atoms with E-state index in [-0.39, 0.29) is 16.8 Å². The Morgan fingerprint density at radius 3 is 2.00 bits per heavy atom. The van der Waals surface area contributed by atoms with Gasteiger partial charge >= 0.3 is 0 Å². The first-order valence-corrected chi connectivity index (χ1v) is 8.62. The highest BCUT2D eigenvalue weighted by Gasteiger charge is 2.60. The van der Waals surface area contributed by atoms with Crippen molar-refractivity contribution in [2.45, 2.75) is 16.1 Å². The van der Waals surface area contributed by atoms with Gasteiger partial charge in [-0.1, -0.05) is 60.7 Å². The van der Waals surface area contributed by atoms with Crippen LogP contribution >= 0.6 is 12.2 Å². The Kier molecular flexibility index (Phi) is 3.55. The number of thiocarbonyl (C=S) groups is 1. The smallest absolute Gasteiger partial charge is 0.182 e. The minimum atomic E-state index is -3.42. The van der Waals surface area contributed by atoms with E-state index in [1.165, 1.54) is 0 Å². The van der Waals surface area contributed by atoms with Gasteiger partial charge in [-0.05, 0) is 17.7 Å². The topological polar surface area (TPSA) is 60.2 Å². The number of hydrogen-bond acceptors (Lipinski definition) is 3. The molecule has 5 heteroatoms. The molecule has 2 aromatic rings. The summed E-state index contributed by atoms with van der Waals surface area (Å²) in [6.07, 6.45) is 0. The highest BCUT2D eigenvalue weighted by Crippen LogP contribution is 2.54. The molecule has 0 heterocycles. The van der Waals surface area contributed by atoms with Crippen molar-refractivity contribution in [1.82, 2.24) is 0 Å². The summed E-state index contributed by atoms with van der Waals surface area (Å²) in [5.74, 6) is -0.429. The van der Waals surface area contributed by atoms with Crippen LogP contribution in [0.25, 0.3) is 0 Å². The van der Waals surface area contributed by atoms with Gasteiger partial charge in [0, 0.05) is 11.8 Å². The zero-order chi connectivity index (χ0) is 15.0. The van der Waals surface area contributed by atoms with Gasteiger partial charge in [0.25, 0.3) is 0 Å². The molecule has 0 amide bonds. The minimum absolute atomic E-state index is 0.145. The molecule has 0 spiro atoms. The fraction of sp³-hybridized carbons (Fsp3) is 0.188. The van der Waals surface area contributed by atoms with Crippen LogP contribution in [0.1, 0.15) is 11.5 Å². The molecule has 3 unspecified atom stereocenters. The summed E-state index contributed by atoms with van der Waals surface area (Å²) < 4.78 is 25.6. The van der Waals surface area contributed by atoms with Crippen LogP contribution in [0.3, 0.4) is 0 Å². The van der Waals surface area contributed by atoms with E-state index in [4.69, 9.17) is 18.0 Å². The zero-order valence-electron chi connectivity index (χ0n) is 11.2. The summed E-state index contributed by atoms with van der Waals surface area (Å²) in [5.41, 5.74) is 6.73. The average Bonchev–Trinajstić information content (AvgIpc) is 3.26. The SMILES string of the molecule is NC(=S)C1C(c2ccccc2)C1S(=O)(=O)c1ccccc1. The maximum absolute atomic E-state index is 12.8. The first-order valence-electron chi connectivity index (χ1n) is 6.66. The number of sulfone groups is 1. The molecule has 1 aliphatic carbocycles. The van der Waals surface area contributed by atoms with E-state index in [1.807, 2.05) is 30.3 Å². The first kappa shape index (κ1) is 14.2. The van der Waals surface area contributed by atoms with Crippen LogP contribution in [0.4, 0.5) is 0 Å². The van der Waals surface area contributed by atoms with Crippen LogP contribution in [-0.4, -0.2) is 18.7 Å². The van der Waals surface area contributed by atoms with Gasteiger partial charge in [-0.3, -0.25) is 0 Å². The number of benzene rings is 2. The molecule has 3 nitrogen and oxygen atoms in total. The second kappa shape index (κ2) is 5.24. The second-order valence-electron chi connectivity index (χ2n) is 5.19. The summed E-state index contributed by atoms with van der Waals surface area (Å²) in [4.78, 5) is 0.600. The van der Waals surface area contributed by atoms with E-state index in [9.17, 15) is 8.42 Å². The molecule has 1 aliphatic rings. The molecule has 0 bridgehead atoms. The quantitative estimate of drug-likeness (QED) is 0.880. The Balaban J connectivity index is 2.00. The molecular formula is C16H15NO2S2. The fourth-order valence-electron chi connectivity index (χ4n) is 2.85. The lowest BCUT2D eigenvalue weighted by Gasteiger charge is -2.03. The van der Waals surface area contributed by atoms with Crippen molar-refractivity contribution in [3.05, 3.63) is 66.2 Å². The summed E-state index contributed by atoms with van der Waals surface area (Å²) >= 11 is 5.07. The van der Waals surface area contributed by atoms with Crippen molar-refractivity contribution in [3.63, 3.8) is 0 Å². The van der Waals surface area contributed by atoms with Crippen LogP contribution < -0.4 is 5.73 Å². The lowest BCUT2D eigenvalue weighted by atomic mass is 10.1. The van der Waals surface area contributed by atoms with Crippen molar-refractivity contribution in [1.29, 1.82) is 0 Å². The lowest BCUT2D eigenvalue weighted by molar-refractivity contribution is 0.593. The Hall–Kier alpha value is -1.72. The molecule has 0 radical (unpaired) electrons. The summed E-state index contributed by atoms with van der Waals surface area (Å²) in [6, 6.07) is 18.0. The van der Waals surface area contributed by atoms with Crippen molar-refractivity contribution in [2.75, 3.05) is 0 Å². The second-order valence-corrected chi connectivity index (χ2v) is 7.76. The first-order chi connectivity index (χ1) is 10.0. The van der Waals surface area contributed by atoms with E-state index in [0.717, 1.165) is 5.56 Å². The van der Waals surface area contributed by atoms with E-state index < -0.39 is 15.1 Å². The van der Waals surface area contributed by atoms with Gasteiger partial charge in [-0.25, -0.2) is 8.42 Å². The minimum Gasteiger partial charge on any atom is -0.393 e. The van der Waals surface area contributed by atoms with E-state index >= 15 is 0 Å². The van der Waals surface area contributed by atoms with Crippen LogP contribution in [0.5, 0.6) is 0 Å². The van der Waals surface area contributed by atoms with Crippen molar-refractivity contribution in [3.8, 4) is 0 Å². The van der Waals surface area contributed by atoms with Crippen molar-refractivity contribution in [2.24, 2.45) is 11.7 Å². The monoisotopic (exact) mass is 317 g/mol. The summed E-state index contributed by atoms with van der Waals surface area (Å²) in [7, 11) is -3.42. The Labute approximate surface area is 129 Å². The van der Waals surface area contributed by atoms with Crippen LogP contribution in [0, 0.1) is 5.92 Å². The molecule has 1 fully saturated rings. The van der Waals surface area contributed by atoms with Gasteiger partial charge in [-0.2, -0.15) is 0 Å². The number of hydrogen-bond donors (Lipinski definition) is 1. The molecule has 3 rings (SSSR count). The van der Waals surface area contributed by atoms with Gasteiger partial charge in [0.2, 0.25) is 0 Å². The maximum atomic E-state index is 12.8. The van der Waals surface area contributed by atoms with Gasteiger partial charge in [-0.15, -0.1) is 0 Å². The maximum Gasteiger partial charge on any atom is 0.182 e. The lowest BCUT2D eigenvalue weighted by Crippen LogP contribution is -2.17. The predicted octanol–water partition coefficient (Wildman–Crippen LogP) is 2.53. The highest BCUT2D eigenvalue weighted by molar-refractivity contribution is 7.92. The normalized spacial score (nSPS) is 24.5. The third kappa shape index (κ3) is 2.47. The van der Waals surface area contributed by atoms with E-state index in [1.54, 1.807) is 30.3 Å². The van der Waals surface area contributed by atoms with Crippen LogP contribution in [-0.2, 0) is 9.84 Å². The highest BCUT2D eigenvalue weighted by atomic mass is 32.2.